The fourth-order valence-corrected chi connectivity index (χ4v) is 4.15. The molecular formula is C21H38IN5O2S. The van der Waals surface area contributed by atoms with Crippen LogP contribution in [0.1, 0.15) is 58.4 Å². The minimum Gasteiger partial charge on any atom is -0.444 e. The fraction of sp³-hybridized carbons (Fsp3) is 0.714. The maximum Gasteiger partial charge on any atom is 0.408 e. The second-order valence-corrected chi connectivity index (χ2v) is 10.1. The van der Waals surface area contributed by atoms with Crippen molar-refractivity contribution in [1.82, 2.24) is 20.9 Å². The highest BCUT2D eigenvalue weighted by Crippen LogP contribution is 2.27. The van der Waals surface area contributed by atoms with E-state index in [1.807, 2.05) is 34.6 Å². The molecule has 1 aromatic rings. The van der Waals surface area contributed by atoms with Crippen LogP contribution in [0, 0.1) is 0 Å². The van der Waals surface area contributed by atoms with Gasteiger partial charge in [-0.3, -0.25) is 9.89 Å². The van der Waals surface area contributed by atoms with Gasteiger partial charge < -0.3 is 20.7 Å². The van der Waals surface area contributed by atoms with Gasteiger partial charge in [0.1, 0.15) is 5.60 Å². The molecule has 3 N–H and O–H groups in total. The molecule has 0 radical (unpaired) electrons. The lowest BCUT2D eigenvalue weighted by Gasteiger charge is -2.30. The number of nitrogens with zero attached hydrogens (tertiary/aromatic N) is 2. The first-order valence-corrected chi connectivity index (χ1v) is 11.2. The van der Waals surface area contributed by atoms with E-state index in [4.69, 9.17) is 4.74 Å². The van der Waals surface area contributed by atoms with Gasteiger partial charge in [0, 0.05) is 25.0 Å². The quantitative estimate of drug-likeness (QED) is 0.272. The number of likely N-dealkylation sites (tertiary alicyclic amines) is 1. The van der Waals surface area contributed by atoms with Gasteiger partial charge in [0.05, 0.1) is 11.6 Å². The summed E-state index contributed by atoms with van der Waals surface area (Å²) in [5.74, 6) is 0.727. The van der Waals surface area contributed by atoms with Crippen LogP contribution >= 0.6 is 35.3 Å². The number of thiophene rings is 1. The summed E-state index contributed by atoms with van der Waals surface area (Å²) < 4.78 is 5.36. The summed E-state index contributed by atoms with van der Waals surface area (Å²) in [5.41, 5.74) is -1.00. The average molecular weight is 552 g/mol. The minimum absolute atomic E-state index is 0. The van der Waals surface area contributed by atoms with E-state index in [1.165, 1.54) is 17.7 Å². The van der Waals surface area contributed by atoms with Crippen molar-refractivity contribution in [3.63, 3.8) is 0 Å². The van der Waals surface area contributed by atoms with Gasteiger partial charge in [0.2, 0.25) is 0 Å². The molecule has 0 aromatic carbocycles. The maximum absolute atomic E-state index is 12.1. The van der Waals surface area contributed by atoms with E-state index in [0.29, 0.717) is 12.6 Å². The molecule has 1 aliphatic heterocycles. The van der Waals surface area contributed by atoms with Crippen LogP contribution in [0.25, 0.3) is 0 Å². The fourth-order valence-electron chi connectivity index (χ4n) is 3.29. The van der Waals surface area contributed by atoms with Crippen LogP contribution < -0.4 is 16.0 Å². The number of nitrogens with one attached hydrogen (secondary N) is 3. The summed E-state index contributed by atoms with van der Waals surface area (Å²) in [6.45, 7) is 13.1. The van der Waals surface area contributed by atoms with E-state index < -0.39 is 17.2 Å². The van der Waals surface area contributed by atoms with Gasteiger partial charge in [0.25, 0.3) is 0 Å². The lowest BCUT2D eigenvalue weighted by molar-refractivity contribution is 0.0474. The van der Waals surface area contributed by atoms with Gasteiger partial charge >= 0.3 is 6.09 Å². The van der Waals surface area contributed by atoms with Crippen molar-refractivity contribution in [2.45, 2.75) is 64.6 Å². The van der Waals surface area contributed by atoms with Crippen molar-refractivity contribution in [1.29, 1.82) is 0 Å². The molecule has 2 heterocycles. The third-order valence-electron chi connectivity index (χ3n) is 4.68. The second kappa shape index (κ2) is 12.1. The van der Waals surface area contributed by atoms with Crippen molar-refractivity contribution in [2.75, 3.05) is 33.2 Å². The number of amides is 1. The zero-order valence-corrected chi connectivity index (χ0v) is 22.2. The number of guanidine groups is 1. The number of halogens is 1. The van der Waals surface area contributed by atoms with Gasteiger partial charge in [0.15, 0.2) is 5.96 Å². The molecule has 0 saturated carbocycles. The molecule has 7 nitrogen and oxygen atoms in total. The van der Waals surface area contributed by atoms with Crippen LogP contribution in [-0.4, -0.2) is 61.3 Å². The summed E-state index contributed by atoms with van der Waals surface area (Å²) >= 11 is 1.80. The smallest absolute Gasteiger partial charge is 0.408 e. The van der Waals surface area contributed by atoms with Gasteiger partial charge in [-0.15, -0.1) is 35.3 Å². The Kier molecular flexibility index (Phi) is 10.9. The predicted octanol–water partition coefficient (Wildman–Crippen LogP) is 3.97. The van der Waals surface area contributed by atoms with Crippen molar-refractivity contribution < 1.29 is 9.53 Å². The summed E-state index contributed by atoms with van der Waals surface area (Å²) in [4.78, 5) is 20.3. The standard InChI is InChI=1S/C21H37N5O2S.HI/c1-20(2,3)28-19(27)25-21(4,5)15-24-18(22-6)23-14-16(17-10-9-13-29-17)26-11-7-8-12-26;/h9-10,13,16H,7-8,11-12,14-15H2,1-6H3,(H,25,27)(H2,22,23,24);1H. The molecule has 1 saturated heterocycles. The third kappa shape index (κ3) is 9.38. The monoisotopic (exact) mass is 551 g/mol. The number of rotatable bonds is 7. The number of carbonyl (C=O) groups is 1. The Labute approximate surface area is 202 Å². The first kappa shape index (κ1) is 27.0. The zero-order chi connectivity index (χ0) is 21.5. The van der Waals surface area contributed by atoms with E-state index >= 15 is 0 Å². The highest BCUT2D eigenvalue weighted by molar-refractivity contribution is 14.0. The van der Waals surface area contributed by atoms with Gasteiger partial charge in [-0.05, 0) is 72.0 Å². The lowest BCUT2D eigenvalue weighted by atomic mass is 10.1. The van der Waals surface area contributed by atoms with E-state index in [0.717, 1.165) is 25.6 Å². The first-order chi connectivity index (χ1) is 13.6. The van der Waals surface area contributed by atoms with Crippen LogP contribution in [-0.2, 0) is 4.74 Å². The number of carbonyl (C=O) groups excluding carboxylic acids is 1. The molecule has 2 rings (SSSR count). The first-order valence-electron chi connectivity index (χ1n) is 10.3. The summed E-state index contributed by atoms with van der Waals surface area (Å²) in [6.07, 6.45) is 2.11. The Balaban J connectivity index is 0.00000450. The van der Waals surface area contributed by atoms with Gasteiger partial charge in [-0.1, -0.05) is 6.07 Å². The van der Waals surface area contributed by atoms with Gasteiger partial charge in [-0.2, -0.15) is 0 Å². The summed E-state index contributed by atoms with van der Waals surface area (Å²) in [7, 11) is 1.76. The molecular weight excluding hydrogens is 513 g/mol. The molecule has 0 bridgehead atoms. The Bertz CT molecular complexity index is 667. The average Bonchev–Trinajstić information content (AvgIpc) is 3.29. The number of alkyl carbamates (subject to hydrolysis) is 1. The SMILES string of the molecule is CN=C(NCC(c1cccs1)N1CCCC1)NCC(C)(C)NC(=O)OC(C)(C)C.I. The molecule has 172 valence electrons. The molecule has 1 aromatic heterocycles. The van der Waals surface area contributed by atoms with Crippen LogP contribution in [0.4, 0.5) is 4.79 Å². The summed E-state index contributed by atoms with van der Waals surface area (Å²) in [5, 5.41) is 11.8. The number of ether oxygens (including phenoxy) is 1. The minimum atomic E-state index is -0.516. The van der Waals surface area contributed by atoms with Crippen molar-refractivity contribution in [3.8, 4) is 0 Å². The van der Waals surface area contributed by atoms with Crippen LogP contribution in [0.2, 0.25) is 0 Å². The topological polar surface area (TPSA) is 78.0 Å². The molecule has 1 atom stereocenters. The molecule has 30 heavy (non-hydrogen) atoms. The molecule has 1 unspecified atom stereocenters. The number of hydrogen-bond acceptors (Lipinski definition) is 5. The normalized spacial score (nSPS) is 16.5. The maximum atomic E-state index is 12.1. The van der Waals surface area contributed by atoms with Crippen molar-refractivity contribution in [2.24, 2.45) is 4.99 Å². The molecule has 0 spiro atoms. The second-order valence-electron chi connectivity index (χ2n) is 9.09. The van der Waals surface area contributed by atoms with Crippen LogP contribution in [0.15, 0.2) is 22.5 Å². The Morgan fingerprint density at radius 2 is 1.90 bits per heavy atom. The largest absolute Gasteiger partial charge is 0.444 e. The number of aliphatic imine (C=N–C) groups is 1. The lowest BCUT2D eigenvalue weighted by Crippen LogP contribution is -2.54. The van der Waals surface area contributed by atoms with Crippen LogP contribution in [0.3, 0.4) is 0 Å². The Morgan fingerprint density at radius 3 is 2.43 bits per heavy atom. The molecule has 1 amide bonds. The summed E-state index contributed by atoms with van der Waals surface area (Å²) in [6, 6.07) is 4.67. The van der Waals surface area contributed by atoms with Gasteiger partial charge in [-0.25, -0.2) is 4.79 Å². The van der Waals surface area contributed by atoms with E-state index in [9.17, 15) is 4.79 Å². The Morgan fingerprint density at radius 1 is 1.23 bits per heavy atom. The number of hydrogen-bond donors (Lipinski definition) is 3. The molecule has 0 aliphatic carbocycles. The third-order valence-corrected chi connectivity index (χ3v) is 5.65. The van der Waals surface area contributed by atoms with E-state index in [2.05, 4.69) is 43.4 Å². The zero-order valence-electron chi connectivity index (χ0n) is 19.1. The van der Waals surface area contributed by atoms with Crippen molar-refractivity contribution in [3.05, 3.63) is 22.4 Å². The predicted molar refractivity (Wildman–Crippen MR) is 136 cm³/mol. The van der Waals surface area contributed by atoms with Crippen molar-refractivity contribution >= 4 is 47.4 Å². The highest BCUT2D eigenvalue weighted by atomic mass is 127. The highest BCUT2D eigenvalue weighted by Gasteiger charge is 2.26. The van der Waals surface area contributed by atoms with Crippen LogP contribution in [0.5, 0.6) is 0 Å². The molecule has 9 heteroatoms. The Hall–Kier alpha value is -1.07. The van der Waals surface area contributed by atoms with E-state index in [-0.39, 0.29) is 24.0 Å². The molecule has 1 fully saturated rings. The van der Waals surface area contributed by atoms with E-state index in [1.54, 1.807) is 18.4 Å². The molecule has 1 aliphatic rings.